The number of hydrogen-bond acceptors (Lipinski definition) is 6. The lowest BCUT2D eigenvalue weighted by Crippen LogP contribution is -2.12. The molecule has 0 aliphatic heterocycles. The summed E-state index contributed by atoms with van der Waals surface area (Å²) in [6.45, 7) is 2.45. The Balaban J connectivity index is 2.12. The maximum Gasteiger partial charge on any atom is 0.265 e. The van der Waals surface area contributed by atoms with Gasteiger partial charge >= 0.3 is 0 Å². The first-order valence-corrected chi connectivity index (χ1v) is 7.78. The summed E-state index contributed by atoms with van der Waals surface area (Å²) in [6.07, 6.45) is 3.95. The van der Waals surface area contributed by atoms with E-state index in [0.717, 1.165) is 0 Å². The summed E-state index contributed by atoms with van der Waals surface area (Å²) in [4.78, 5) is 4.00. The maximum absolute atomic E-state index is 12.1. The highest BCUT2D eigenvalue weighted by atomic mass is 32.2. The Morgan fingerprint density at radius 1 is 1.38 bits per heavy atom. The average molecular weight is 312 g/mol. The van der Waals surface area contributed by atoms with Gasteiger partial charge in [0.2, 0.25) is 5.88 Å². The Hall–Kier alpha value is -2.13. The van der Waals surface area contributed by atoms with Crippen molar-refractivity contribution in [1.29, 1.82) is 0 Å². The number of nitrogens with one attached hydrogen (secondary N) is 1. The number of anilines is 1. The Morgan fingerprint density at radius 3 is 2.81 bits per heavy atom. The van der Waals surface area contributed by atoms with Gasteiger partial charge in [0, 0.05) is 12.3 Å². The zero-order valence-electron chi connectivity index (χ0n) is 11.4. The van der Waals surface area contributed by atoms with Gasteiger partial charge in [-0.2, -0.15) is 5.10 Å². The summed E-state index contributed by atoms with van der Waals surface area (Å²) >= 11 is 0. The quantitative estimate of drug-likeness (QED) is 0.770. The molecule has 0 unspecified atom stereocenters. The third-order valence-corrected chi connectivity index (χ3v) is 3.87. The van der Waals surface area contributed by atoms with E-state index < -0.39 is 10.0 Å². The monoisotopic (exact) mass is 312 g/mol. The van der Waals surface area contributed by atoms with Crippen molar-refractivity contribution in [2.75, 3.05) is 17.9 Å². The van der Waals surface area contributed by atoms with Crippen LogP contribution in [0.15, 0.2) is 35.6 Å². The summed E-state index contributed by atoms with van der Waals surface area (Å²) in [5.41, 5.74) is 0.327. The molecule has 21 heavy (non-hydrogen) atoms. The Labute approximate surface area is 122 Å². The summed E-state index contributed by atoms with van der Waals surface area (Å²) in [7, 11) is -3.73. The smallest absolute Gasteiger partial charge is 0.265 e. The third kappa shape index (κ3) is 3.92. The fraction of sp³-hybridized carbons (Fsp3) is 0.333. The van der Waals surface area contributed by atoms with E-state index in [4.69, 9.17) is 9.84 Å². The van der Waals surface area contributed by atoms with Crippen LogP contribution in [0.5, 0.6) is 5.88 Å². The fourth-order valence-electron chi connectivity index (χ4n) is 1.60. The molecule has 2 rings (SSSR count). The topological polar surface area (TPSA) is 106 Å². The number of nitrogens with zero attached hydrogens (tertiary/aromatic N) is 3. The molecule has 114 valence electrons. The van der Waals surface area contributed by atoms with E-state index in [-0.39, 0.29) is 18.0 Å². The van der Waals surface area contributed by atoms with E-state index in [1.54, 1.807) is 12.1 Å². The highest BCUT2D eigenvalue weighted by Crippen LogP contribution is 2.16. The van der Waals surface area contributed by atoms with Crippen molar-refractivity contribution in [3.63, 3.8) is 0 Å². The van der Waals surface area contributed by atoms with Gasteiger partial charge in [-0.3, -0.25) is 9.40 Å². The van der Waals surface area contributed by atoms with Crippen LogP contribution in [0.3, 0.4) is 0 Å². The van der Waals surface area contributed by atoms with Gasteiger partial charge in [-0.05, 0) is 13.0 Å². The molecule has 8 nitrogen and oxygen atoms in total. The summed E-state index contributed by atoms with van der Waals surface area (Å²) in [5.74, 6) is 0.427. The van der Waals surface area contributed by atoms with Crippen LogP contribution in [-0.2, 0) is 16.6 Å². The number of ether oxygens (including phenoxy) is 1. The second-order valence-corrected chi connectivity index (χ2v) is 5.77. The van der Waals surface area contributed by atoms with Crippen molar-refractivity contribution in [1.82, 2.24) is 14.8 Å². The molecular weight excluding hydrogens is 296 g/mol. The van der Waals surface area contributed by atoms with Gasteiger partial charge in [0.05, 0.1) is 37.8 Å². The van der Waals surface area contributed by atoms with E-state index in [1.165, 1.54) is 23.3 Å². The first kappa shape index (κ1) is 15.3. The van der Waals surface area contributed by atoms with Crippen LogP contribution >= 0.6 is 0 Å². The molecule has 0 bridgehead atoms. The van der Waals surface area contributed by atoms with Crippen LogP contribution in [0.25, 0.3) is 0 Å². The number of pyridine rings is 1. The van der Waals surface area contributed by atoms with Crippen LogP contribution in [0.4, 0.5) is 5.69 Å². The largest absolute Gasteiger partial charge is 0.478 e. The molecule has 0 saturated heterocycles. The molecule has 0 amide bonds. The lowest BCUT2D eigenvalue weighted by Gasteiger charge is -2.07. The highest BCUT2D eigenvalue weighted by molar-refractivity contribution is 7.92. The highest BCUT2D eigenvalue weighted by Gasteiger charge is 2.16. The molecule has 0 spiro atoms. The molecule has 2 N–H and O–H groups in total. The maximum atomic E-state index is 12.1. The molecule has 0 radical (unpaired) electrons. The molecule has 2 aromatic heterocycles. The van der Waals surface area contributed by atoms with E-state index in [0.29, 0.717) is 18.2 Å². The normalized spacial score (nSPS) is 11.3. The van der Waals surface area contributed by atoms with E-state index in [9.17, 15) is 8.42 Å². The number of aliphatic hydroxyl groups is 1. The van der Waals surface area contributed by atoms with Crippen molar-refractivity contribution >= 4 is 15.7 Å². The zero-order chi connectivity index (χ0) is 15.3. The van der Waals surface area contributed by atoms with Gasteiger partial charge in [-0.25, -0.2) is 13.4 Å². The first-order chi connectivity index (χ1) is 10.0. The number of aromatic nitrogens is 3. The van der Waals surface area contributed by atoms with Gasteiger partial charge in [0.1, 0.15) is 4.90 Å². The van der Waals surface area contributed by atoms with Crippen LogP contribution in [-0.4, -0.2) is 41.5 Å². The lowest BCUT2D eigenvalue weighted by atomic mass is 10.4. The summed E-state index contributed by atoms with van der Waals surface area (Å²) in [5, 5.41) is 12.6. The van der Waals surface area contributed by atoms with Crippen molar-refractivity contribution in [3.8, 4) is 5.88 Å². The van der Waals surface area contributed by atoms with Crippen molar-refractivity contribution in [2.45, 2.75) is 18.4 Å². The fourth-order valence-corrected chi connectivity index (χ4v) is 2.59. The predicted molar refractivity (Wildman–Crippen MR) is 75.5 cm³/mol. The minimum absolute atomic E-state index is 0.0184. The molecule has 2 heterocycles. The van der Waals surface area contributed by atoms with Crippen molar-refractivity contribution in [2.24, 2.45) is 0 Å². The minimum atomic E-state index is -3.73. The van der Waals surface area contributed by atoms with Crippen LogP contribution in [0, 0.1) is 0 Å². The van der Waals surface area contributed by atoms with Crippen LogP contribution in [0.2, 0.25) is 0 Å². The van der Waals surface area contributed by atoms with Gasteiger partial charge in [0.25, 0.3) is 10.0 Å². The standard InChI is InChI=1S/C12H16N4O4S/c1-2-20-12-4-3-10(7-13-12)15-21(18,19)11-8-14-16(9-11)5-6-17/h3-4,7-9,15,17H,2,5-6H2,1H3. The zero-order valence-corrected chi connectivity index (χ0v) is 12.2. The van der Waals surface area contributed by atoms with Crippen LogP contribution in [0.1, 0.15) is 6.92 Å². The second kappa shape index (κ2) is 6.55. The van der Waals surface area contributed by atoms with Gasteiger partial charge in [-0.1, -0.05) is 0 Å². The van der Waals surface area contributed by atoms with E-state index in [1.807, 2.05) is 6.92 Å². The lowest BCUT2D eigenvalue weighted by molar-refractivity contribution is 0.269. The molecule has 2 aromatic rings. The second-order valence-electron chi connectivity index (χ2n) is 4.09. The molecule has 0 aromatic carbocycles. The molecule has 0 aliphatic carbocycles. The molecule has 0 atom stereocenters. The Bertz CT molecular complexity index is 682. The van der Waals surface area contributed by atoms with Gasteiger partial charge < -0.3 is 9.84 Å². The molecule has 0 fully saturated rings. The first-order valence-electron chi connectivity index (χ1n) is 6.30. The SMILES string of the molecule is CCOc1ccc(NS(=O)(=O)c2cnn(CCO)c2)cn1. The molecule has 0 aliphatic rings. The van der Waals surface area contributed by atoms with Crippen molar-refractivity contribution < 1.29 is 18.3 Å². The third-order valence-electron chi connectivity index (χ3n) is 2.53. The summed E-state index contributed by atoms with van der Waals surface area (Å²) < 4.78 is 33.2. The van der Waals surface area contributed by atoms with Crippen LogP contribution < -0.4 is 9.46 Å². The van der Waals surface area contributed by atoms with E-state index in [2.05, 4.69) is 14.8 Å². The van der Waals surface area contributed by atoms with E-state index >= 15 is 0 Å². The van der Waals surface area contributed by atoms with Gasteiger partial charge in [0.15, 0.2) is 0 Å². The molecule has 9 heteroatoms. The number of hydrogen-bond donors (Lipinski definition) is 2. The Kier molecular flexibility index (Phi) is 4.76. The molecular formula is C12H16N4O4S. The minimum Gasteiger partial charge on any atom is -0.478 e. The number of rotatable bonds is 7. The Morgan fingerprint density at radius 2 is 2.19 bits per heavy atom. The number of aliphatic hydroxyl groups excluding tert-OH is 1. The van der Waals surface area contributed by atoms with Crippen molar-refractivity contribution in [3.05, 3.63) is 30.7 Å². The molecule has 0 saturated carbocycles. The average Bonchev–Trinajstić information content (AvgIpc) is 2.91. The summed E-state index contributed by atoms with van der Waals surface area (Å²) in [6, 6.07) is 3.14. The van der Waals surface area contributed by atoms with Gasteiger partial charge in [-0.15, -0.1) is 0 Å². The predicted octanol–water partition coefficient (Wildman–Crippen LogP) is 0.470. The number of sulfonamides is 1.